The summed E-state index contributed by atoms with van der Waals surface area (Å²) in [4.78, 5) is 26.5. The van der Waals surface area contributed by atoms with Crippen LogP contribution in [-0.4, -0.2) is 75.1 Å². The summed E-state index contributed by atoms with van der Waals surface area (Å²) in [7, 11) is -19.0. The molecule has 0 spiro atoms. The lowest BCUT2D eigenvalue weighted by Gasteiger charge is -2.23. The van der Waals surface area contributed by atoms with Crippen LogP contribution in [0.4, 0.5) is 22.7 Å². The van der Waals surface area contributed by atoms with Crippen molar-refractivity contribution in [2.24, 2.45) is 4.99 Å². The Bertz CT molecular complexity index is 5110. The fourth-order valence-corrected chi connectivity index (χ4v) is 15.7. The number of sulfonamides is 1. The highest BCUT2D eigenvalue weighted by Gasteiger charge is 2.32. The highest BCUT2D eigenvalue weighted by atomic mass is 32.2. The van der Waals surface area contributed by atoms with Gasteiger partial charge >= 0.3 is 11.9 Å². The van der Waals surface area contributed by atoms with Gasteiger partial charge in [-0.1, -0.05) is 42.5 Å². The second kappa shape index (κ2) is 20.9. The summed E-state index contributed by atoms with van der Waals surface area (Å²) in [6.07, 6.45) is 0. The Hall–Kier alpha value is -9.17. The highest BCUT2D eigenvalue weighted by Crippen LogP contribution is 2.46. The molecule has 0 unspecified atom stereocenters. The first-order valence-electron chi connectivity index (χ1n) is 25.6. The van der Waals surface area contributed by atoms with E-state index in [-0.39, 0.29) is 109 Å². The standard InChI is InChI=1S/C61H51N3O17S4/c1-28-30(3)58(64-83(73,74)52-18-12-14-37-22-44(61(69)70)48(66)25-42(37)52)31(4)29(2)56(28)62-38-19-20-39-49(23-38)81-50-27-46(54(85(78,79)80)26-45(50)55(39)40-15-9-10-16-53(40)84(75,76)77)63-57-32(5)34(7)59(35(8)33(57)6)82(71,72)51-17-11-13-36-21-43(60(67)68)47(65)24-41(36)51/h9-27,62,64-66H,1-8H3,(H,67,68)(H,69,70)(H,75,76,77)(H,78,79,80). The number of carboxylic acid groups (broad SMARTS) is 2. The fraction of sp³-hybridized carbons (Fsp3) is 0.131. The van der Waals surface area contributed by atoms with Gasteiger partial charge in [0.25, 0.3) is 30.3 Å². The SMILES string of the molecule is Cc1c(C)c(S(=O)(=O)c2cccc3cc(C(=O)O)c(O)cc23)c(C)c(C)c1N=c1cc2oc3cc(Nc4c(C)c(C)c(NS(=O)(=O)c5cccc6cc(C(=O)O)c(O)cc56)c(C)c4C)ccc3c(-c3ccccc3S(=O)(=O)O)c-2cc1S(=O)(=O)O. The minimum absolute atomic E-state index is 0.0453. The van der Waals surface area contributed by atoms with Crippen LogP contribution in [0.1, 0.15) is 65.2 Å². The van der Waals surface area contributed by atoms with Crippen molar-refractivity contribution < 1.29 is 77.2 Å². The molecule has 85 heavy (non-hydrogen) atoms. The number of phenols is 2. The fourth-order valence-electron chi connectivity index (χ4n) is 10.9. The minimum atomic E-state index is -5.21. The lowest BCUT2D eigenvalue weighted by Crippen LogP contribution is -2.17. The first-order chi connectivity index (χ1) is 39.7. The molecule has 0 amide bonds. The molecule has 24 heteroatoms. The van der Waals surface area contributed by atoms with Crippen molar-refractivity contribution in [3.8, 4) is 33.9 Å². The van der Waals surface area contributed by atoms with Crippen molar-refractivity contribution in [2.45, 2.75) is 79.9 Å². The van der Waals surface area contributed by atoms with Gasteiger partial charge in [-0.25, -0.2) is 31.4 Å². The Morgan fingerprint density at radius 2 is 1.00 bits per heavy atom. The number of sulfone groups is 1. The van der Waals surface area contributed by atoms with E-state index in [4.69, 9.17) is 9.41 Å². The van der Waals surface area contributed by atoms with Gasteiger partial charge in [-0.3, -0.25) is 13.8 Å². The number of hydrogen-bond donors (Lipinski definition) is 8. The zero-order chi connectivity index (χ0) is 61.9. The van der Waals surface area contributed by atoms with E-state index < -0.39 is 84.5 Å². The Labute approximate surface area is 486 Å². The van der Waals surface area contributed by atoms with E-state index in [1.165, 1.54) is 80.6 Å². The number of hydrogen-bond acceptors (Lipinski definition) is 15. The van der Waals surface area contributed by atoms with E-state index in [9.17, 15) is 72.8 Å². The Morgan fingerprint density at radius 3 is 1.54 bits per heavy atom. The zero-order valence-electron chi connectivity index (χ0n) is 46.2. The third kappa shape index (κ3) is 10.1. The summed E-state index contributed by atoms with van der Waals surface area (Å²) in [5.74, 6) is -4.17. The third-order valence-corrected chi connectivity index (χ3v) is 20.9. The van der Waals surface area contributed by atoms with Crippen LogP contribution in [0.2, 0.25) is 0 Å². The van der Waals surface area contributed by atoms with Crippen molar-refractivity contribution in [3.63, 3.8) is 0 Å². The maximum atomic E-state index is 14.8. The molecular formula is C61H51N3O17S4. The number of fused-ring (bicyclic) bond motifs is 4. The van der Waals surface area contributed by atoms with E-state index in [2.05, 4.69) is 10.0 Å². The van der Waals surface area contributed by atoms with Crippen LogP contribution in [0, 0.1) is 55.4 Å². The van der Waals surface area contributed by atoms with Crippen molar-refractivity contribution in [2.75, 3.05) is 10.0 Å². The highest BCUT2D eigenvalue weighted by molar-refractivity contribution is 7.93. The van der Waals surface area contributed by atoms with Crippen LogP contribution in [0.25, 0.3) is 55.0 Å². The largest absolute Gasteiger partial charge is 0.507 e. The van der Waals surface area contributed by atoms with E-state index in [1.807, 2.05) is 0 Å². The first-order valence-corrected chi connectivity index (χ1v) is 31.4. The Kier molecular flexibility index (Phi) is 14.5. The molecule has 0 radical (unpaired) electrons. The number of anilines is 3. The molecule has 0 saturated carbocycles. The summed E-state index contributed by atoms with van der Waals surface area (Å²) in [6.45, 7) is 13.1. The molecule has 1 aliphatic heterocycles. The van der Waals surface area contributed by atoms with Crippen LogP contribution < -0.4 is 15.4 Å². The normalized spacial score (nSPS) is 12.6. The maximum absolute atomic E-state index is 14.8. The molecule has 1 heterocycles. The van der Waals surface area contributed by atoms with E-state index >= 15 is 0 Å². The predicted octanol–water partition coefficient (Wildman–Crippen LogP) is 11.9. The number of carbonyl (C=O) groups is 2. The number of benzene rings is 9. The van der Waals surface area contributed by atoms with Crippen molar-refractivity contribution >= 4 is 107 Å². The second-order valence-corrected chi connectivity index (χ2v) is 26.8. The average molecular weight is 1230 g/mol. The molecule has 8 N–H and O–H groups in total. The molecule has 0 aromatic heterocycles. The topological polar surface area (TPSA) is 342 Å². The van der Waals surface area contributed by atoms with Gasteiger partial charge in [0, 0.05) is 56.4 Å². The summed E-state index contributed by atoms with van der Waals surface area (Å²) in [5.41, 5.74) is 3.73. The van der Waals surface area contributed by atoms with E-state index in [0.717, 1.165) is 30.3 Å². The molecule has 10 rings (SSSR count). The number of aromatic carboxylic acids is 2. The van der Waals surface area contributed by atoms with Gasteiger partial charge in [0.05, 0.1) is 31.4 Å². The molecule has 1 aliphatic carbocycles. The van der Waals surface area contributed by atoms with Gasteiger partial charge in [-0.15, -0.1) is 0 Å². The zero-order valence-corrected chi connectivity index (χ0v) is 49.5. The van der Waals surface area contributed by atoms with Crippen molar-refractivity contribution in [3.05, 3.63) is 176 Å². The number of rotatable bonds is 13. The maximum Gasteiger partial charge on any atom is 0.339 e. The van der Waals surface area contributed by atoms with Crippen LogP contribution in [-0.2, 0) is 40.1 Å². The monoisotopic (exact) mass is 1230 g/mol. The first kappa shape index (κ1) is 59.0. The average Bonchev–Trinajstić information content (AvgIpc) is 0.837. The van der Waals surface area contributed by atoms with Crippen LogP contribution in [0.3, 0.4) is 0 Å². The number of carboxylic acids is 2. The van der Waals surface area contributed by atoms with Gasteiger partial charge < -0.3 is 30.2 Å². The molecule has 0 bridgehead atoms. The molecule has 0 atom stereocenters. The van der Waals surface area contributed by atoms with Crippen molar-refractivity contribution in [1.82, 2.24) is 0 Å². The van der Waals surface area contributed by atoms with Crippen molar-refractivity contribution in [1.29, 1.82) is 0 Å². The molecule has 436 valence electrons. The third-order valence-electron chi connectivity index (χ3n) is 15.6. The molecule has 0 fully saturated rings. The molecule has 2 aliphatic rings. The van der Waals surface area contributed by atoms with Crippen LogP contribution in [0.15, 0.2) is 149 Å². The van der Waals surface area contributed by atoms with E-state index in [1.54, 1.807) is 59.7 Å². The lowest BCUT2D eigenvalue weighted by atomic mass is 9.93. The summed E-state index contributed by atoms with van der Waals surface area (Å²) >= 11 is 0. The number of nitrogens with zero attached hydrogens (tertiary/aromatic N) is 1. The van der Waals surface area contributed by atoms with Gasteiger partial charge in [0.1, 0.15) is 43.8 Å². The molecule has 8 aromatic rings. The Balaban J connectivity index is 1.13. The van der Waals surface area contributed by atoms with Gasteiger partial charge in [0.2, 0.25) is 9.84 Å². The second-order valence-electron chi connectivity index (χ2n) is 20.5. The van der Waals surface area contributed by atoms with E-state index in [0.29, 0.717) is 33.6 Å². The van der Waals surface area contributed by atoms with Crippen LogP contribution >= 0.6 is 0 Å². The summed E-state index contributed by atoms with van der Waals surface area (Å²) < 4.78 is 142. The quantitative estimate of drug-likeness (QED) is 0.0393. The van der Waals surface area contributed by atoms with Gasteiger partial charge in [-0.2, -0.15) is 16.8 Å². The lowest BCUT2D eigenvalue weighted by molar-refractivity contribution is 0.0682. The smallest absolute Gasteiger partial charge is 0.339 e. The Morgan fingerprint density at radius 1 is 0.494 bits per heavy atom. The number of aromatic hydroxyl groups is 2. The predicted molar refractivity (Wildman–Crippen MR) is 319 cm³/mol. The van der Waals surface area contributed by atoms with Gasteiger partial charge in [-0.05, 0) is 171 Å². The van der Waals surface area contributed by atoms with Gasteiger partial charge in [0.15, 0.2) is 0 Å². The molecule has 8 aromatic carbocycles. The molecule has 20 nitrogen and oxygen atoms in total. The number of nitrogens with one attached hydrogen (secondary N) is 2. The molecule has 0 saturated heterocycles. The summed E-state index contributed by atoms with van der Waals surface area (Å²) in [6, 6.07) is 25.6. The van der Waals surface area contributed by atoms with Crippen LogP contribution in [0.5, 0.6) is 11.5 Å². The molecular weight excluding hydrogens is 1170 g/mol. The summed E-state index contributed by atoms with van der Waals surface area (Å²) in [5, 5.41) is 44.2. The minimum Gasteiger partial charge on any atom is -0.507 e.